The molecule has 14 heavy (non-hydrogen) atoms. The zero-order valence-electron chi connectivity index (χ0n) is 9.63. The smallest absolute Gasteiger partial charge is 0.00951 e. The first-order chi connectivity index (χ1) is 6.81. The molecule has 2 nitrogen and oxygen atoms in total. The Hall–Kier alpha value is -0.0800. The highest BCUT2D eigenvalue weighted by atomic mass is 15.2. The van der Waals surface area contributed by atoms with Crippen molar-refractivity contribution in [1.82, 2.24) is 10.2 Å². The Morgan fingerprint density at radius 1 is 1.21 bits per heavy atom. The minimum Gasteiger partial charge on any atom is -0.319 e. The van der Waals surface area contributed by atoms with Crippen LogP contribution in [0.1, 0.15) is 32.6 Å². The summed E-state index contributed by atoms with van der Waals surface area (Å²) in [6.45, 7) is 6.32. The molecule has 2 fully saturated rings. The van der Waals surface area contributed by atoms with Crippen LogP contribution < -0.4 is 5.32 Å². The third kappa shape index (κ3) is 2.48. The van der Waals surface area contributed by atoms with Gasteiger partial charge in [-0.25, -0.2) is 0 Å². The van der Waals surface area contributed by atoms with E-state index in [2.05, 4.69) is 24.2 Å². The van der Waals surface area contributed by atoms with Gasteiger partial charge in [-0.2, -0.15) is 0 Å². The lowest BCUT2D eigenvalue weighted by Gasteiger charge is -2.36. The maximum atomic E-state index is 3.30. The Labute approximate surface area is 88.1 Å². The van der Waals surface area contributed by atoms with Crippen molar-refractivity contribution in [2.24, 2.45) is 11.8 Å². The molecule has 1 saturated heterocycles. The van der Waals surface area contributed by atoms with Crippen LogP contribution in [0, 0.1) is 11.8 Å². The fourth-order valence-corrected chi connectivity index (χ4v) is 2.73. The van der Waals surface area contributed by atoms with Crippen LogP contribution in [0.2, 0.25) is 0 Å². The summed E-state index contributed by atoms with van der Waals surface area (Å²) in [5, 5.41) is 3.30. The molecule has 0 amide bonds. The number of nitrogens with zero attached hydrogens (tertiary/aromatic N) is 1. The molecule has 2 heteroatoms. The average molecular weight is 196 g/mol. The topological polar surface area (TPSA) is 15.3 Å². The maximum Gasteiger partial charge on any atom is 0.00951 e. The highest BCUT2D eigenvalue weighted by Crippen LogP contribution is 2.36. The molecule has 0 aromatic rings. The lowest BCUT2D eigenvalue weighted by Crippen LogP contribution is -2.42. The lowest BCUT2D eigenvalue weighted by molar-refractivity contribution is 0.128. The molecule has 2 rings (SSSR count). The van der Waals surface area contributed by atoms with Crippen LogP contribution in [0.15, 0.2) is 0 Å². The first-order valence-electron chi connectivity index (χ1n) is 6.20. The summed E-state index contributed by atoms with van der Waals surface area (Å²) in [5.41, 5.74) is 0. The van der Waals surface area contributed by atoms with Gasteiger partial charge in [-0.3, -0.25) is 0 Å². The van der Waals surface area contributed by atoms with Crippen molar-refractivity contribution in [2.45, 2.75) is 38.6 Å². The summed E-state index contributed by atoms with van der Waals surface area (Å²) in [6.07, 6.45) is 5.77. The molecule has 1 N–H and O–H groups in total. The van der Waals surface area contributed by atoms with Gasteiger partial charge in [0, 0.05) is 6.04 Å². The van der Waals surface area contributed by atoms with Crippen molar-refractivity contribution in [3.05, 3.63) is 0 Å². The van der Waals surface area contributed by atoms with Gasteiger partial charge in [-0.15, -0.1) is 0 Å². The summed E-state index contributed by atoms with van der Waals surface area (Å²) in [7, 11) is 2.07. The van der Waals surface area contributed by atoms with Gasteiger partial charge in [-0.1, -0.05) is 0 Å². The van der Waals surface area contributed by atoms with Gasteiger partial charge in [0.25, 0.3) is 0 Å². The van der Waals surface area contributed by atoms with Crippen LogP contribution in [-0.4, -0.2) is 37.6 Å². The van der Waals surface area contributed by atoms with Gasteiger partial charge in [0.05, 0.1) is 0 Å². The fourth-order valence-electron chi connectivity index (χ4n) is 2.73. The van der Waals surface area contributed by atoms with Gasteiger partial charge in [-0.05, 0) is 71.1 Å². The molecule has 0 aromatic heterocycles. The Balaban J connectivity index is 1.71. The molecule has 1 heterocycles. The standard InChI is InChI=1S/C12H24N2/c1-10(12-3-4-12)14-7-5-11(6-8-14)9-13-2/h10-13H,3-9H2,1-2H3. The number of piperidine rings is 1. The summed E-state index contributed by atoms with van der Waals surface area (Å²) in [6, 6.07) is 0.866. The molecule has 1 unspecified atom stereocenters. The van der Waals surface area contributed by atoms with Crippen LogP contribution in [0.25, 0.3) is 0 Å². The summed E-state index contributed by atoms with van der Waals surface area (Å²) in [4.78, 5) is 2.71. The van der Waals surface area contributed by atoms with Crippen molar-refractivity contribution in [3.63, 3.8) is 0 Å². The monoisotopic (exact) mass is 196 g/mol. The molecule has 1 aliphatic carbocycles. The minimum absolute atomic E-state index is 0.866. The SMILES string of the molecule is CNCC1CCN(C(C)C2CC2)CC1. The van der Waals surface area contributed by atoms with E-state index < -0.39 is 0 Å². The average Bonchev–Trinajstić information content (AvgIpc) is 3.02. The van der Waals surface area contributed by atoms with E-state index in [9.17, 15) is 0 Å². The van der Waals surface area contributed by atoms with Gasteiger partial charge in [0.2, 0.25) is 0 Å². The third-order valence-corrected chi connectivity index (χ3v) is 4.02. The van der Waals surface area contributed by atoms with Gasteiger partial charge in [0.1, 0.15) is 0 Å². The van der Waals surface area contributed by atoms with Crippen LogP contribution in [-0.2, 0) is 0 Å². The molecule has 1 atom stereocenters. The first-order valence-corrected chi connectivity index (χ1v) is 6.20. The number of hydrogen-bond acceptors (Lipinski definition) is 2. The number of likely N-dealkylation sites (tertiary alicyclic amines) is 1. The van der Waals surface area contributed by atoms with Crippen molar-refractivity contribution in [1.29, 1.82) is 0 Å². The summed E-state index contributed by atoms with van der Waals surface area (Å²) in [5.74, 6) is 1.97. The van der Waals surface area contributed by atoms with Crippen molar-refractivity contribution >= 4 is 0 Å². The Bertz CT molecular complexity index is 169. The molecular formula is C12H24N2. The first kappa shape index (κ1) is 10.4. The van der Waals surface area contributed by atoms with E-state index in [-0.39, 0.29) is 0 Å². The van der Waals surface area contributed by atoms with Crippen LogP contribution in [0.5, 0.6) is 0 Å². The molecule has 1 saturated carbocycles. The van der Waals surface area contributed by atoms with E-state index in [1.54, 1.807) is 0 Å². The highest BCUT2D eigenvalue weighted by Gasteiger charge is 2.33. The molecular weight excluding hydrogens is 172 g/mol. The maximum absolute atomic E-state index is 3.30. The molecule has 2 aliphatic rings. The number of hydrogen-bond donors (Lipinski definition) is 1. The van der Waals surface area contributed by atoms with E-state index in [4.69, 9.17) is 0 Å². The van der Waals surface area contributed by atoms with Crippen molar-refractivity contribution in [3.8, 4) is 0 Å². The molecule has 0 spiro atoms. The fraction of sp³-hybridized carbons (Fsp3) is 1.00. The Morgan fingerprint density at radius 2 is 1.86 bits per heavy atom. The largest absolute Gasteiger partial charge is 0.319 e. The predicted molar refractivity (Wildman–Crippen MR) is 60.4 cm³/mol. The predicted octanol–water partition coefficient (Wildman–Crippen LogP) is 1.72. The summed E-state index contributed by atoms with van der Waals surface area (Å²) >= 11 is 0. The number of rotatable bonds is 4. The molecule has 0 radical (unpaired) electrons. The second-order valence-electron chi connectivity index (χ2n) is 5.12. The molecule has 82 valence electrons. The third-order valence-electron chi connectivity index (χ3n) is 4.02. The Kier molecular flexibility index (Phi) is 3.45. The van der Waals surface area contributed by atoms with Crippen molar-refractivity contribution < 1.29 is 0 Å². The quantitative estimate of drug-likeness (QED) is 0.736. The van der Waals surface area contributed by atoms with E-state index in [1.165, 1.54) is 45.3 Å². The lowest BCUT2D eigenvalue weighted by atomic mass is 9.95. The second kappa shape index (κ2) is 4.63. The second-order valence-corrected chi connectivity index (χ2v) is 5.12. The molecule has 1 aliphatic heterocycles. The van der Waals surface area contributed by atoms with E-state index in [0.717, 1.165) is 17.9 Å². The highest BCUT2D eigenvalue weighted by molar-refractivity contribution is 4.87. The van der Waals surface area contributed by atoms with E-state index in [0.29, 0.717) is 0 Å². The van der Waals surface area contributed by atoms with E-state index in [1.807, 2.05) is 0 Å². The Morgan fingerprint density at radius 3 is 2.36 bits per heavy atom. The van der Waals surface area contributed by atoms with Gasteiger partial charge < -0.3 is 10.2 Å². The normalized spacial score (nSPS) is 27.9. The van der Waals surface area contributed by atoms with Gasteiger partial charge >= 0.3 is 0 Å². The van der Waals surface area contributed by atoms with Crippen LogP contribution in [0.4, 0.5) is 0 Å². The zero-order chi connectivity index (χ0) is 9.97. The molecule has 0 bridgehead atoms. The summed E-state index contributed by atoms with van der Waals surface area (Å²) < 4.78 is 0. The van der Waals surface area contributed by atoms with Crippen LogP contribution >= 0.6 is 0 Å². The number of nitrogens with one attached hydrogen (secondary N) is 1. The van der Waals surface area contributed by atoms with Crippen LogP contribution in [0.3, 0.4) is 0 Å². The van der Waals surface area contributed by atoms with Crippen molar-refractivity contribution in [2.75, 3.05) is 26.7 Å². The van der Waals surface area contributed by atoms with E-state index >= 15 is 0 Å². The molecule has 0 aromatic carbocycles. The minimum atomic E-state index is 0.866. The zero-order valence-corrected chi connectivity index (χ0v) is 9.63. The van der Waals surface area contributed by atoms with Gasteiger partial charge in [0.15, 0.2) is 0 Å².